The number of aromatic amines is 1. The van der Waals surface area contributed by atoms with Gasteiger partial charge in [-0.15, -0.1) is 0 Å². The minimum absolute atomic E-state index is 0.00377. The van der Waals surface area contributed by atoms with Gasteiger partial charge in [-0.2, -0.15) is 5.26 Å². The zero-order chi connectivity index (χ0) is 21.5. The van der Waals surface area contributed by atoms with Gasteiger partial charge in [0, 0.05) is 35.1 Å². The fourth-order valence-corrected chi connectivity index (χ4v) is 3.74. The van der Waals surface area contributed by atoms with E-state index in [0.717, 1.165) is 22.4 Å². The molecule has 0 saturated carbocycles. The van der Waals surface area contributed by atoms with Crippen molar-refractivity contribution in [1.82, 2.24) is 19.9 Å². The summed E-state index contributed by atoms with van der Waals surface area (Å²) in [5.41, 5.74) is 5.78. The lowest BCUT2D eigenvalue weighted by Gasteiger charge is -2.25. The number of pyridine rings is 1. The molecule has 1 fully saturated rings. The number of phenolic OH excluding ortho intramolecular Hbond substituents is 1. The second kappa shape index (κ2) is 7.38. The van der Waals surface area contributed by atoms with Crippen LogP contribution in [0.2, 0.25) is 0 Å². The maximum Gasteiger partial charge on any atom is 0.316 e. The normalized spacial score (nSPS) is 13.7. The number of benzene rings is 1. The van der Waals surface area contributed by atoms with E-state index < -0.39 is 0 Å². The van der Waals surface area contributed by atoms with E-state index in [9.17, 15) is 10.4 Å². The molecule has 8 nitrogen and oxygen atoms in total. The van der Waals surface area contributed by atoms with Gasteiger partial charge < -0.3 is 19.6 Å². The molecule has 0 aliphatic carbocycles. The standard InChI is InChI=1S/C23H19N5O3/c1-12-3-4-20(29)13(2)21(12)18-9-25-22-16(17(18)6-24)5-19(28-22)14-7-26-23(27-8-14)31-15-10-30-11-15/h3-5,7-9,15,29H,10-11H2,1-2H3,(H,25,28). The minimum atomic E-state index is 0.00377. The molecule has 0 unspecified atom stereocenters. The Bertz CT molecular complexity index is 1330. The van der Waals surface area contributed by atoms with Gasteiger partial charge in [0.2, 0.25) is 0 Å². The summed E-state index contributed by atoms with van der Waals surface area (Å²) in [7, 11) is 0. The SMILES string of the molecule is Cc1ccc(O)c(C)c1-c1cnc2[nH]c(-c3cnc(OC4COC4)nc3)cc2c1C#N. The van der Waals surface area contributed by atoms with Crippen LogP contribution in [-0.2, 0) is 4.74 Å². The summed E-state index contributed by atoms with van der Waals surface area (Å²) in [4.78, 5) is 16.3. The lowest BCUT2D eigenvalue weighted by atomic mass is 9.92. The number of phenols is 1. The summed E-state index contributed by atoms with van der Waals surface area (Å²) in [6, 6.07) is 7.99. The van der Waals surface area contributed by atoms with Crippen LogP contribution in [0.15, 0.2) is 36.8 Å². The van der Waals surface area contributed by atoms with Crippen LogP contribution >= 0.6 is 0 Å². The number of fused-ring (bicyclic) bond motifs is 1. The molecule has 5 rings (SSSR count). The molecule has 31 heavy (non-hydrogen) atoms. The van der Waals surface area contributed by atoms with Gasteiger partial charge in [0.05, 0.1) is 24.5 Å². The van der Waals surface area contributed by atoms with Crippen molar-refractivity contribution in [3.63, 3.8) is 0 Å². The van der Waals surface area contributed by atoms with Crippen LogP contribution in [0.25, 0.3) is 33.4 Å². The Hall–Kier alpha value is -3.96. The van der Waals surface area contributed by atoms with E-state index in [4.69, 9.17) is 9.47 Å². The van der Waals surface area contributed by atoms with Gasteiger partial charge in [-0.25, -0.2) is 15.0 Å². The molecule has 1 aromatic carbocycles. The minimum Gasteiger partial charge on any atom is -0.508 e. The summed E-state index contributed by atoms with van der Waals surface area (Å²) < 4.78 is 10.7. The first-order chi connectivity index (χ1) is 15.0. The number of aromatic nitrogens is 4. The maximum absolute atomic E-state index is 10.2. The third-order valence-electron chi connectivity index (χ3n) is 5.50. The van der Waals surface area contributed by atoms with Gasteiger partial charge in [0.15, 0.2) is 0 Å². The van der Waals surface area contributed by atoms with Crippen molar-refractivity contribution in [1.29, 1.82) is 5.26 Å². The largest absolute Gasteiger partial charge is 0.508 e. The van der Waals surface area contributed by atoms with Crippen molar-refractivity contribution in [3.05, 3.63) is 53.5 Å². The van der Waals surface area contributed by atoms with Crippen LogP contribution < -0.4 is 4.74 Å². The van der Waals surface area contributed by atoms with Crippen molar-refractivity contribution in [3.8, 4) is 40.2 Å². The number of ether oxygens (including phenoxy) is 2. The molecule has 1 aliphatic heterocycles. The van der Waals surface area contributed by atoms with Gasteiger partial charge in [0.1, 0.15) is 23.6 Å². The molecular formula is C23H19N5O3. The third kappa shape index (κ3) is 3.25. The highest BCUT2D eigenvalue weighted by Gasteiger charge is 2.21. The molecule has 1 aliphatic rings. The molecule has 0 spiro atoms. The Kier molecular flexibility index (Phi) is 4.53. The number of nitrogens with zero attached hydrogens (tertiary/aromatic N) is 4. The number of aromatic hydroxyl groups is 1. The van der Waals surface area contributed by atoms with E-state index in [1.54, 1.807) is 24.7 Å². The summed E-state index contributed by atoms with van der Waals surface area (Å²) in [6.45, 7) is 4.89. The van der Waals surface area contributed by atoms with Crippen molar-refractivity contribution in [2.45, 2.75) is 20.0 Å². The quantitative estimate of drug-likeness (QED) is 0.524. The molecule has 4 heterocycles. The van der Waals surface area contributed by atoms with Gasteiger partial charge in [-0.3, -0.25) is 0 Å². The van der Waals surface area contributed by atoms with Gasteiger partial charge in [-0.1, -0.05) is 6.07 Å². The van der Waals surface area contributed by atoms with Crippen molar-refractivity contribution >= 4 is 11.0 Å². The molecule has 154 valence electrons. The molecule has 0 bridgehead atoms. The van der Waals surface area contributed by atoms with E-state index in [2.05, 4.69) is 26.0 Å². The highest BCUT2D eigenvalue weighted by atomic mass is 16.6. The number of H-pyrrole nitrogens is 1. The van der Waals surface area contributed by atoms with E-state index in [-0.39, 0.29) is 11.9 Å². The zero-order valence-corrected chi connectivity index (χ0v) is 17.0. The number of hydrogen-bond donors (Lipinski definition) is 2. The van der Waals surface area contributed by atoms with Crippen LogP contribution in [0.4, 0.5) is 0 Å². The van der Waals surface area contributed by atoms with E-state index in [1.165, 1.54) is 0 Å². The Balaban J connectivity index is 1.56. The first kappa shape index (κ1) is 19.0. The average Bonchev–Trinajstić information content (AvgIpc) is 3.18. The summed E-state index contributed by atoms with van der Waals surface area (Å²) in [5.74, 6) is 0.187. The Labute approximate surface area is 178 Å². The number of aryl methyl sites for hydroxylation is 1. The number of nitriles is 1. The summed E-state index contributed by atoms with van der Waals surface area (Å²) in [6.07, 6.45) is 5.01. The second-order valence-electron chi connectivity index (χ2n) is 7.54. The van der Waals surface area contributed by atoms with Crippen molar-refractivity contribution < 1.29 is 14.6 Å². The number of nitrogens with one attached hydrogen (secondary N) is 1. The first-order valence-electron chi connectivity index (χ1n) is 9.83. The fraction of sp³-hybridized carbons (Fsp3) is 0.217. The van der Waals surface area contributed by atoms with Gasteiger partial charge in [-0.05, 0) is 42.7 Å². The van der Waals surface area contributed by atoms with E-state index >= 15 is 0 Å². The molecule has 4 aromatic rings. The number of rotatable bonds is 4. The predicted molar refractivity (Wildman–Crippen MR) is 114 cm³/mol. The highest BCUT2D eigenvalue weighted by Crippen LogP contribution is 2.37. The van der Waals surface area contributed by atoms with Crippen LogP contribution in [-0.4, -0.2) is 44.4 Å². The van der Waals surface area contributed by atoms with Crippen LogP contribution in [0, 0.1) is 25.2 Å². The summed E-state index contributed by atoms with van der Waals surface area (Å²) in [5, 5.41) is 20.8. The van der Waals surface area contributed by atoms with Crippen LogP contribution in [0.5, 0.6) is 11.8 Å². The number of hydrogen-bond acceptors (Lipinski definition) is 7. The lowest BCUT2D eigenvalue weighted by molar-refractivity contribution is -0.0831. The summed E-state index contributed by atoms with van der Waals surface area (Å²) >= 11 is 0. The monoisotopic (exact) mass is 413 g/mol. The van der Waals surface area contributed by atoms with Crippen LogP contribution in [0.3, 0.4) is 0 Å². The van der Waals surface area contributed by atoms with E-state index in [1.807, 2.05) is 26.0 Å². The molecule has 2 N–H and O–H groups in total. The molecule has 1 saturated heterocycles. The fourth-order valence-electron chi connectivity index (χ4n) is 3.74. The molecule has 3 aromatic heterocycles. The third-order valence-corrected chi connectivity index (χ3v) is 5.50. The van der Waals surface area contributed by atoms with Gasteiger partial charge in [0.25, 0.3) is 0 Å². The maximum atomic E-state index is 10.2. The molecular weight excluding hydrogens is 394 g/mol. The van der Waals surface area contributed by atoms with Crippen molar-refractivity contribution in [2.75, 3.05) is 13.2 Å². The second-order valence-corrected chi connectivity index (χ2v) is 7.54. The smallest absolute Gasteiger partial charge is 0.316 e. The highest BCUT2D eigenvalue weighted by molar-refractivity contribution is 5.94. The molecule has 0 amide bonds. The zero-order valence-electron chi connectivity index (χ0n) is 17.0. The average molecular weight is 413 g/mol. The first-order valence-corrected chi connectivity index (χ1v) is 9.83. The Morgan fingerprint density at radius 1 is 1.16 bits per heavy atom. The predicted octanol–water partition coefficient (Wildman–Crippen LogP) is 3.66. The molecule has 0 radical (unpaired) electrons. The molecule has 8 heteroatoms. The van der Waals surface area contributed by atoms with Gasteiger partial charge >= 0.3 is 6.01 Å². The van der Waals surface area contributed by atoms with E-state index in [0.29, 0.717) is 46.9 Å². The Morgan fingerprint density at radius 2 is 1.94 bits per heavy atom. The van der Waals surface area contributed by atoms with Crippen molar-refractivity contribution in [2.24, 2.45) is 0 Å². The molecule has 0 atom stereocenters. The Morgan fingerprint density at radius 3 is 2.61 bits per heavy atom. The van der Waals surface area contributed by atoms with Crippen LogP contribution in [0.1, 0.15) is 16.7 Å². The topological polar surface area (TPSA) is 117 Å². The lowest BCUT2D eigenvalue weighted by Crippen LogP contribution is -2.38.